The van der Waals surface area contributed by atoms with Crippen molar-refractivity contribution in [2.75, 3.05) is 13.1 Å². The summed E-state index contributed by atoms with van der Waals surface area (Å²) in [6, 6.07) is 9.32. The second-order valence-corrected chi connectivity index (χ2v) is 6.09. The Bertz CT molecular complexity index is 590. The van der Waals surface area contributed by atoms with Crippen LogP contribution >= 0.6 is 0 Å². The summed E-state index contributed by atoms with van der Waals surface area (Å²) < 4.78 is 0. The van der Waals surface area contributed by atoms with Crippen LogP contribution in [-0.2, 0) is 0 Å². The number of hydrogen-bond donors (Lipinski definition) is 1. The number of likely N-dealkylation sites (tertiary alicyclic amines) is 1. The first-order valence-corrected chi connectivity index (χ1v) is 7.49. The number of hydrogen-bond acceptors (Lipinski definition) is 3. The minimum Gasteiger partial charge on any atom is -0.329 e. The quantitative estimate of drug-likeness (QED) is 0.931. The van der Waals surface area contributed by atoms with Crippen molar-refractivity contribution < 1.29 is 0 Å². The van der Waals surface area contributed by atoms with Crippen molar-refractivity contribution in [1.82, 2.24) is 9.88 Å². The Kier molecular flexibility index (Phi) is 3.72. The first-order chi connectivity index (χ1) is 9.70. The van der Waals surface area contributed by atoms with Crippen molar-refractivity contribution in [1.29, 1.82) is 0 Å². The van der Waals surface area contributed by atoms with Gasteiger partial charge in [0.2, 0.25) is 0 Å². The summed E-state index contributed by atoms with van der Waals surface area (Å²) in [5.41, 5.74) is 7.38. The molecule has 0 saturated carbocycles. The van der Waals surface area contributed by atoms with E-state index in [1.54, 1.807) is 0 Å². The number of fused-ring (bicyclic) bond motifs is 1. The van der Waals surface area contributed by atoms with E-state index < -0.39 is 0 Å². The SMILES string of the molecule is CC1CC(C)N(C(CN)c2cncc3ccccc23)C1. The van der Waals surface area contributed by atoms with Crippen LogP contribution in [0.5, 0.6) is 0 Å². The van der Waals surface area contributed by atoms with Gasteiger partial charge in [-0.15, -0.1) is 0 Å². The third-order valence-corrected chi connectivity index (χ3v) is 4.51. The Morgan fingerprint density at radius 1 is 1.30 bits per heavy atom. The summed E-state index contributed by atoms with van der Waals surface area (Å²) in [6.07, 6.45) is 5.19. The predicted octanol–water partition coefficient (Wildman–Crippen LogP) is 2.96. The zero-order valence-corrected chi connectivity index (χ0v) is 12.3. The van der Waals surface area contributed by atoms with Gasteiger partial charge in [0.1, 0.15) is 0 Å². The lowest BCUT2D eigenvalue weighted by molar-refractivity contribution is 0.193. The van der Waals surface area contributed by atoms with Gasteiger partial charge < -0.3 is 5.73 Å². The molecule has 2 heterocycles. The highest BCUT2D eigenvalue weighted by atomic mass is 15.2. The highest BCUT2D eigenvalue weighted by Crippen LogP contribution is 2.34. The minimum atomic E-state index is 0.272. The summed E-state index contributed by atoms with van der Waals surface area (Å²) in [7, 11) is 0. The van der Waals surface area contributed by atoms with Gasteiger partial charge in [0.25, 0.3) is 0 Å². The van der Waals surface area contributed by atoms with E-state index in [9.17, 15) is 0 Å². The molecule has 1 aromatic carbocycles. The maximum atomic E-state index is 6.11. The molecule has 3 atom stereocenters. The van der Waals surface area contributed by atoms with Crippen LogP contribution in [0.1, 0.15) is 31.9 Å². The van der Waals surface area contributed by atoms with Gasteiger partial charge in [-0.05, 0) is 30.2 Å². The van der Waals surface area contributed by atoms with Crippen LogP contribution < -0.4 is 5.73 Å². The summed E-state index contributed by atoms with van der Waals surface area (Å²) in [6.45, 7) is 6.41. The monoisotopic (exact) mass is 269 g/mol. The fraction of sp³-hybridized carbons (Fsp3) is 0.471. The summed E-state index contributed by atoms with van der Waals surface area (Å²) in [5, 5.41) is 2.48. The van der Waals surface area contributed by atoms with Crippen LogP contribution in [0, 0.1) is 5.92 Å². The lowest BCUT2D eigenvalue weighted by Crippen LogP contribution is -2.36. The molecular weight excluding hydrogens is 246 g/mol. The number of rotatable bonds is 3. The Hall–Kier alpha value is -1.45. The maximum Gasteiger partial charge on any atom is 0.0494 e. The van der Waals surface area contributed by atoms with Crippen LogP contribution in [0.4, 0.5) is 0 Å². The van der Waals surface area contributed by atoms with Crippen molar-refractivity contribution in [2.45, 2.75) is 32.4 Å². The van der Waals surface area contributed by atoms with E-state index in [1.807, 2.05) is 12.4 Å². The molecule has 3 unspecified atom stereocenters. The minimum absolute atomic E-state index is 0.272. The third kappa shape index (κ3) is 2.32. The molecule has 1 fully saturated rings. The van der Waals surface area contributed by atoms with Gasteiger partial charge in [0.15, 0.2) is 0 Å². The number of pyridine rings is 1. The van der Waals surface area contributed by atoms with Crippen LogP contribution in [-0.4, -0.2) is 29.0 Å². The molecule has 106 valence electrons. The molecule has 0 amide bonds. The molecule has 20 heavy (non-hydrogen) atoms. The van der Waals surface area contributed by atoms with Crippen molar-refractivity contribution >= 4 is 10.8 Å². The molecule has 0 bridgehead atoms. The molecule has 1 saturated heterocycles. The van der Waals surface area contributed by atoms with Gasteiger partial charge in [0.05, 0.1) is 0 Å². The normalized spacial score (nSPS) is 25.1. The smallest absolute Gasteiger partial charge is 0.0494 e. The Labute approximate surface area is 120 Å². The average Bonchev–Trinajstić information content (AvgIpc) is 2.79. The molecule has 3 heteroatoms. The van der Waals surface area contributed by atoms with Gasteiger partial charge in [-0.1, -0.05) is 31.2 Å². The topological polar surface area (TPSA) is 42.1 Å². The Morgan fingerprint density at radius 3 is 2.80 bits per heavy atom. The van der Waals surface area contributed by atoms with Crippen molar-refractivity contribution in [3.05, 3.63) is 42.2 Å². The van der Waals surface area contributed by atoms with Crippen LogP contribution in [0.3, 0.4) is 0 Å². The number of aromatic nitrogens is 1. The molecule has 2 N–H and O–H groups in total. The van der Waals surface area contributed by atoms with Crippen LogP contribution in [0.2, 0.25) is 0 Å². The first kappa shape index (κ1) is 13.5. The molecule has 0 spiro atoms. The first-order valence-electron chi connectivity index (χ1n) is 7.49. The van der Waals surface area contributed by atoms with E-state index in [-0.39, 0.29) is 6.04 Å². The highest BCUT2D eigenvalue weighted by Gasteiger charge is 2.32. The largest absolute Gasteiger partial charge is 0.329 e. The van der Waals surface area contributed by atoms with E-state index in [1.165, 1.54) is 22.8 Å². The van der Waals surface area contributed by atoms with E-state index in [0.29, 0.717) is 12.6 Å². The Morgan fingerprint density at radius 2 is 2.10 bits per heavy atom. The summed E-state index contributed by atoms with van der Waals surface area (Å²) in [4.78, 5) is 6.96. The molecule has 3 rings (SSSR count). The molecule has 0 aliphatic carbocycles. The fourth-order valence-corrected chi connectivity index (χ4v) is 3.61. The van der Waals surface area contributed by atoms with E-state index in [4.69, 9.17) is 5.73 Å². The fourth-order valence-electron chi connectivity index (χ4n) is 3.61. The molecule has 1 aromatic heterocycles. The predicted molar refractivity (Wildman–Crippen MR) is 83.5 cm³/mol. The average molecular weight is 269 g/mol. The lowest BCUT2D eigenvalue weighted by atomic mass is 10.00. The van der Waals surface area contributed by atoms with Gasteiger partial charge >= 0.3 is 0 Å². The highest BCUT2D eigenvalue weighted by molar-refractivity contribution is 5.85. The van der Waals surface area contributed by atoms with Gasteiger partial charge in [0, 0.05) is 43.0 Å². The summed E-state index contributed by atoms with van der Waals surface area (Å²) >= 11 is 0. The number of nitrogens with zero attached hydrogens (tertiary/aromatic N) is 2. The number of nitrogens with two attached hydrogens (primary N) is 1. The van der Waals surface area contributed by atoms with E-state index >= 15 is 0 Å². The van der Waals surface area contributed by atoms with Crippen LogP contribution in [0.25, 0.3) is 10.8 Å². The van der Waals surface area contributed by atoms with Gasteiger partial charge in [-0.25, -0.2) is 0 Å². The molecular formula is C17H23N3. The molecule has 3 nitrogen and oxygen atoms in total. The molecule has 2 aromatic rings. The Balaban J connectivity index is 2.03. The van der Waals surface area contributed by atoms with Gasteiger partial charge in [-0.3, -0.25) is 9.88 Å². The molecule has 0 radical (unpaired) electrons. The van der Waals surface area contributed by atoms with Crippen molar-refractivity contribution in [2.24, 2.45) is 11.7 Å². The second-order valence-electron chi connectivity index (χ2n) is 6.09. The van der Waals surface area contributed by atoms with Crippen molar-refractivity contribution in [3.8, 4) is 0 Å². The molecule has 1 aliphatic rings. The van der Waals surface area contributed by atoms with E-state index in [0.717, 1.165) is 12.5 Å². The lowest BCUT2D eigenvalue weighted by Gasteiger charge is -2.31. The maximum absolute atomic E-state index is 6.11. The van der Waals surface area contributed by atoms with Crippen LogP contribution in [0.15, 0.2) is 36.7 Å². The third-order valence-electron chi connectivity index (χ3n) is 4.51. The molecule has 1 aliphatic heterocycles. The summed E-state index contributed by atoms with van der Waals surface area (Å²) in [5.74, 6) is 0.752. The zero-order chi connectivity index (χ0) is 14.1. The second kappa shape index (κ2) is 5.51. The van der Waals surface area contributed by atoms with E-state index in [2.05, 4.69) is 48.0 Å². The number of benzene rings is 1. The van der Waals surface area contributed by atoms with Gasteiger partial charge in [-0.2, -0.15) is 0 Å². The zero-order valence-electron chi connectivity index (χ0n) is 12.3. The standard InChI is InChI=1S/C17H23N3/c1-12-7-13(2)20(11-12)17(8-18)16-10-19-9-14-5-3-4-6-15(14)16/h3-6,9-10,12-13,17H,7-8,11,18H2,1-2H3. The van der Waals surface area contributed by atoms with Crippen molar-refractivity contribution in [3.63, 3.8) is 0 Å².